The molecule has 0 fully saturated rings. The number of hydrogen-bond donors (Lipinski definition) is 2. The van der Waals surface area contributed by atoms with Gasteiger partial charge in [0.2, 0.25) is 0 Å². The van der Waals surface area contributed by atoms with Crippen molar-refractivity contribution < 1.29 is 14.6 Å². The molecule has 0 bridgehead atoms. The molecule has 0 saturated heterocycles. The maximum atomic E-state index is 12.4. The summed E-state index contributed by atoms with van der Waals surface area (Å²) < 4.78 is 7.61. The normalized spacial score (nSPS) is 12.1. The molecule has 2 N–H and O–H groups in total. The first-order valence-corrected chi connectivity index (χ1v) is 10.8. The van der Waals surface area contributed by atoms with Gasteiger partial charge >= 0.3 is 0 Å². The second-order valence-corrected chi connectivity index (χ2v) is 7.91. The number of rotatable bonds is 9. The van der Waals surface area contributed by atoms with Gasteiger partial charge in [0, 0.05) is 10.6 Å². The Hall–Kier alpha value is -3.19. The summed E-state index contributed by atoms with van der Waals surface area (Å²) in [5.41, 5.74) is 3.28. The molecule has 0 aliphatic carbocycles. The topological polar surface area (TPSA) is 76.4 Å². The van der Waals surface area contributed by atoms with Crippen molar-refractivity contribution in [3.05, 3.63) is 101 Å². The molecule has 3 aromatic carbocycles. The molecule has 0 radical (unpaired) electrons. The monoisotopic (exact) mass is 449 g/mol. The molecule has 0 spiro atoms. The summed E-state index contributed by atoms with van der Waals surface area (Å²) in [4.78, 5) is 17.1. The smallest absolute Gasteiger partial charge is 0.251 e. The van der Waals surface area contributed by atoms with Crippen molar-refractivity contribution >= 4 is 28.5 Å². The molecule has 1 atom stereocenters. The van der Waals surface area contributed by atoms with Crippen LogP contribution in [0.15, 0.2) is 78.9 Å². The van der Waals surface area contributed by atoms with E-state index in [1.165, 1.54) is 0 Å². The Morgan fingerprint density at radius 2 is 1.75 bits per heavy atom. The molecule has 164 valence electrons. The Morgan fingerprint density at radius 3 is 2.53 bits per heavy atom. The van der Waals surface area contributed by atoms with Gasteiger partial charge in [0.25, 0.3) is 5.91 Å². The van der Waals surface area contributed by atoms with Crippen LogP contribution in [-0.4, -0.2) is 33.3 Å². The molecule has 0 aliphatic rings. The molecule has 4 aromatic rings. The van der Waals surface area contributed by atoms with E-state index in [-0.39, 0.29) is 19.1 Å². The zero-order valence-corrected chi connectivity index (χ0v) is 18.2. The van der Waals surface area contributed by atoms with Crippen LogP contribution in [0.3, 0.4) is 0 Å². The van der Waals surface area contributed by atoms with Crippen LogP contribution in [0.1, 0.15) is 21.7 Å². The van der Waals surface area contributed by atoms with E-state index in [0.717, 1.165) is 16.6 Å². The number of halogens is 1. The lowest BCUT2D eigenvalue weighted by atomic mass is 10.2. The maximum Gasteiger partial charge on any atom is 0.251 e. The summed E-state index contributed by atoms with van der Waals surface area (Å²) in [6.45, 7) is 1.11. The number of amides is 1. The Morgan fingerprint density at radius 1 is 1.03 bits per heavy atom. The van der Waals surface area contributed by atoms with Crippen LogP contribution in [-0.2, 0) is 24.4 Å². The first kappa shape index (κ1) is 22.0. The minimum atomic E-state index is -0.733. The number of hydrogen-bond acceptors (Lipinski definition) is 4. The number of nitrogens with zero attached hydrogens (tertiary/aromatic N) is 2. The highest BCUT2D eigenvalue weighted by Gasteiger charge is 2.15. The molecule has 1 amide bonds. The summed E-state index contributed by atoms with van der Waals surface area (Å²) in [6.07, 6.45) is -0.733. The highest BCUT2D eigenvalue weighted by atomic mass is 35.5. The van der Waals surface area contributed by atoms with E-state index in [4.69, 9.17) is 16.3 Å². The third kappa shape index (κ3) is 5.53. The van der Waals surface area contributed by atoms with E-state index in [1.54, 1.807) is 12.1 Å². The van der Waals surface area contributed by atoms with Crippen molar-refractivity contribution in [2.75, 3.05) is 6.61 Å². The molecule has 1 heterocycles. The van der Waals surface area contributed by atoms with Gasteiger partial charge in [0.15, 0.2) is 0 Å². The fourth-order valence-corrected chi connectivity index (χ4v) is 3.60. The van der Waals surface area contributed by atoms with Crippen LogP contribution in [0.25, 0.3) is 11.0 Å². The number of carbonyl (C=O) groups excluding carboxylic acids is 1. The lowest BCUT2D eigenvalue weighted by Gasteiger charge is -2.15. The van der Waals surface area contributed by atoms with E-state index in [0.29, 0.717) is 29.6 Å². The number of carbonyl (C=O) groups is 1. The molecule has 7 heteroatoms. The highest BCUT2D eigenvalue weighted by molar-refractivity contribution is 6.30. The Bertz CT molecular complexity index is 1180. The standard InChI is InChI=1S/C25H24ClN3O3/c26-20-12-10-18(11-13-20)16-32-17-21(30)15-29-23-9-5-4-8-22(23)28-24(29)14-27-25(31)19-6-2-1-3-7-19/h1-13,21,30H,14-17H2,(H,27,31). The van der Waals surface area contributed by atoms with Gasteiger partial charge in [0.1, 0.15) is 5.82 Å². The van der Waals surface area contributed by atoms with Crippen LogP contribution < -0.4 is 5.32 Å². The minimum absolute atomic E-state index is 0.170. The van der Waals surface area contributed by atoms with Gasteiger partial charge in [-0.3, -0.25) is 4.79 Å². The Kier molecular flexibility index (Phi) is 7.17. The maximum absolute atomic E-state index is 12.4. The fourth-order valence-electron chi connectivity index (χ4n) is 3.47. The number of aliphatic hydroxyl groups is 1. The lowest BCUT2D eigenvalue weighted by Crippen LogP contribution is -2.27. The molecular weight excluding hydrogens is 426 g/mol. The summed E-state index contributed by atoms with van der Waals surface area (Å²) in [5.74, 6) is 0.503. The highest BCUT2D eigenvalue weighted by Crippen LogP contribution is 2.17. The van der Waals surface area contributed by atoms with Crippen molar-refractivity contribution in [1.29, 1.82) is 0 Å². The SMILES string of the molecule is O=C(NCc1nc2ccccc2n1CC(O)COCc1ccc(Cl)cc1)c1ccccc1. The van der Waals surface area contributed by atoms with Crippen molar-refractivity contribution in [2.24, 2.45) is 0 Å². The van der Waals surface area contributed by atoms with Gasteiger partial charge < -0.3 is 19.7 Å². The van der Waals surface area contributed by atoms with E-state index in [2.05, 4.69) is 10.3 Å². The third-order valence-corrected chi connectivity index (χ3v) is 5.31. The lowest BCUT2D eigenvalue weighted by molar-refractivity contribution is 0.0205. The number of ether oxygens (including phenoxy) is 1. The molecule has 4 rings (SSSR count). The van der Waals surface area contributed by atoms with Gasteiger partial charge in [-0.25, -0.2) is 4.98 Å². The van der Waals surface area contributed by atoms with Gasteiger partial charge in [-0.05, 0) is 42.0 Å². The predicted octanol–water partition coefficient (Wildman–Crippen LogP) is 4.20. The average molecular weight is 450 g/mol. The number of imidazole rings is 1. The quantitative estimate of drug-likeness (QED) is 0.401. The zero-order chi connectivity index (χ0) is 22.3. The van der Waals surface area contributed by atoms with Gasteiger partial charge in [-0.2, -0.15) is 0 Å². The van der Waals surface area contributed by atoms with E-state index in [9.17, 15) is 9.90 Å². The van der Waals surface area contributed by atoms with E-state index >= 15 is 0 Å². The number of benzene rings is 3. The minimum Gasteiger partial charge on any atom is -0.389 e. The summed E-state index contributed by atoms with van der Waals surface area (Å²) in [5, 5.41) is 14.2. The number of aromatic nitrogens is 2. The Labute approximate surface area is 191 Å². The van der Waals surface area contributed by atoms with Crippen LogP contribution in [0.5, 0.6) is 0 Å². The summed E-state index contributed by atoms with van der Waals surface area (Å²) in [7, 11) is 0. The number of para-hydroxylation sites is 2. The van der Waals surface area contributed by atoms with E-state index in [1.807, 2.05) is 71.3 Å². The largest absolute Gasteiger partial charge is 0.389 e. The van der Waals surface area contributed by atoms with Crippen molar-refractivity contribution in [1.82, 2.24) is 14.9 Å². The second kappa shape index (κ2) is 10.4. The third-order valence-electron chi connectivity index (χ3n) is 5.06. The van der Waals surface area contributed by atoms with Crippen molar-refractivity contribution in [3.8, 4) is 0 Å². The zero-order valence-electron chi connectivity index (χ0n) is 17.4. The van der Waals surface area contributed by atoms with Gasteiger partial charge in [-0.1, -0.05) is 54.1 Å². The Balaban J connectivity index is 1.41. The molecule has 0 aliphatic heterocycles. The molecular formula is C25H24ClN3O3. The first-order valence-electron chi connectivity index (χ1n) is 10.4. The number of aliphatic hydroxyl groups excluding tert-OH is 1. The fraction of sp³-hybridized carbons (Fsp3) is 0.200. The second-order valence-electron chi connectivity index (χ2n) is 7.47. The van der Waals surface area contributed by atoms with Crippen LogP contribution in [0.2, 0.25) is 5.02 Å². The number of nitrogens with one attached hydrogen (secondary N) is 1. The molecule has 32 heavy (non-hydrogen) atoms. The molecule has 1 aromatic heterocycles. The summed E-state index contributed by atoms with van der Waals surface area (Å²) in [6, 6.07) is 24.2. The predicted molar refractivity (Wildman–Crippen MR) is 124 cm³/mol. The molecule has 1 unspecified atom stereocenters. The van der Waals surface area contributed by atoms with Crippen LogP contribution in [0.4, 0.5) is 0 Å². The molecule has 6 nitrogen and oxygen atoms in total. The van der Waals surface area contributed by atoms with Crippen molar-refractivity contribution in [2.45, 2.75) is 25.8 Å². The van der Waals surface area contributed by atoms with Crippen molar-refractivity contribution in [3.63, 3.8) is 0 Å². The first-order chi connectivity index (χ1) is 15.6. The molecule has 0 saturated carbocycles. The average Bonchev–Trinajstić information content (AvgIpc) is 3.16. The van der Waals surface area contributed by atoms with Crippen LogP contribution in [0, 0.1) is 0 Å². The van der Waals surface area contributed by atoms with E-state index < -0.39 is 6.10 Å². The van der Waals surface area contributed by atoms with Crippen LogP contribution >= 0.6 is 11.6 Å². The number of fused-ring (bicyclic) bond motifs is 1. The summed E-state index contributed by atoms with van der Waals surface area (Å²) >= 11 is 5.90. The van der Waals surface area contributed by atoms with Gasteiger partial charge in [0.05, 0.1) is 43.4 Å². The van der Waals surface area contributed by atoms with Gasteiger partial charge in [-0.15, -0.1) is 0 Å².